The number of anilines is 2. The van der Waals surface area contributed by atoms with Crippen LogP contribution >= 0.6 is 11.3 Å². The molecule has 1 aromatic heterocycles. The molecule has 0 radical (unpaired) electrons. The number of nitrogens with two attached hydrogens (primary N) is 1. The molecule has 1 aromatic carbocycles. The first-order valence-electron chi connectivity index (χ1n) is 6.52. The Morgan fingerprint density at radius 3 is 2.67 bits per heavy atom. The van der Waals surface area contributed by atoms with E-state index in [1.54, 1.807) is 18.2 Å². The normalized spacial score (nSPS) is 11.2. The minimum atomic E-state index is -0.283. The molecular weight excluding hydrogens is 286 g/mol. The molecule has 0 atom stereocenters. The third-order valence-electron chi connectivity index (χ3n) is 2.96. The summed E-state index contributed by atoms with van der Waals surface area (Å²) >= 11 is 1.40. The summed E-state index contributed by atoms with van der Waals surface area (Å²) in [6.07, 6.45) is 0. The number of nitrogens with zero attached hydrogens (tertiary/aromatic N) is 1. The number of rotatable bonds is 3. The van der Waals surface area contributed by atoms with Gasteiger partial charge < -0.3 is 10.5 Å². The van der Waals surface area contributed by atoms with Crippen LogP contribution in [0.25, 0.3) is 0 Å². The summed E-state index contributed by atoms with van der Waals surface area (Å²) in [7, 11) is 1.52. The Morgan fingerprint density at radius 1 is 1.38 bits per heavy atom. The van der Waals surface area contributed by atoms with E-state index in [2.05, 4.69) is 31.1 Å². The molecule has 0 unspecified atom stereocenters. The zero-order valence-electron chi connectivity index (χ0n) is 12.6. The Kier molecular flexibility index (Phi) is 4.18. The van der Waals surface area contributed by atoms with Crippen LogP contribution < -0.4 is 15.8 Å². The first-order chi connectivity index (χ1) is 9.81. The van der Waals surface area contributed by atoms with Gasteiger partial charge in [-0.1, -0.05) is 20.8 Å². The summed E-state index contributed by atoms with van der Waals surface area (Å²) in [4.78, 5) is 16.8. The van der Waals surface area contributed by atoms with E-state index < -0.39 is 0 Å². The largest absolute Gasteiger partial charge is 0.496 e. The Labute approximate surface area is 128 Å². The third kappa shape index (κ3) is 3.52. The first-order valence-corrected chi connectivity index (χ1v) is 7.40. The van der Waals surface area contributed by atoms with Crippen molar-refractivity contribution < 1.29 is 9.53 Å². The summed E-state index contributed by atoms with van der Waals surface area (Å²) < 4.78 is 5.19. The SMILES string of the molecule is COc1ccc(N)cc1C(=O)Nc1nc(C(C)(C)C)cs1. The molecule has 0 aliphatic carbocycles. The summed E-state index contributed by atoms with van der Waals surface area (Å²) in [5.74, 6) is 0.197. The van der Waals surface area contributed by atoms with Crippen LogP contribution in [0.15, 0.2) is 23.6 Å². The Morgan fingerprint density at radius 2 is 2.10 bits per heavy atom. The summed E-state index contributed by atoms with van der Waals surface area (Å²) in [5, 5.41) is 5.30. The van der Waals surface area contributed by atoms with Crippen LogP contribution in [0, 0.1) is 0 Å². The number of thiazole rings is 1. The fraction of sp³-hybridized carbons (Fsp3) is 0.333. The molecule has 1 heterocycles. The fourth-order valence-electron chi connectivity index (χ4n) is 1.74. The van der Waals surface area contributed by atoms with Gasteiger partial charge in [0.25, 0.3) is 5.91 Å². The second kappa shape index (κ2) is 5.73. The van der Waals surface area contributed by atoms with Crippen molar-refractivity contribution in [3.63, 3.8) is 0 Å². The second-order valence-corrected chi connectivity index (χ2v) is 6.56. The van der Waals surface area contributed by atoms with Gasteiger partial charge in [0.15, 0.2) is 5.13 Å². The molecule has 0 saturated carbocycles. The van der Waals surface area contributed by atoms with Gasteiger partial charge >= 0.3 is 0 Å². The van der Waals surface area contributed by atoms with Crippen LogP contribution in [0.2, 0.25) is 0 Å². The van der Waals surface area contributed by atoms with E-state index in [4.69, 9.17) is 10.5 Å². The van der Waals surface area contributed by atoms with Crippen LogP contribution in [0.4, 0.5) is 10.8 Å². The highest BCUT2D eigenvalue weighted by Crippen LogP contribution is 2.27. The number of amides is 1. The molecule has 0 aliphatic heterocycles. The van der Waals surface area contributed by atoms with Crippen molar-refractivity contribution in [2.45, 2.75) is 26.2 Å². The number of ether oxygens (including phenoxy) is 1. The lowest BCUT2D eigenvalue weighted by Crippen LogP contribution is -2.15. The topological polar surface area (TPSA) is 77.2 Å². The molecule has 0 fully saturated rings. The average Bonchev–Trinajstić information content (AvgIpc) is 2.87. The highest BCUT2D eigenvalue weighted by atomic mass is 32.1. The smallest absolute Gasteiger partial charge is 0.261 e. The van der Waals surface area contributed by atoms with E-state index in [0.29, 0.717) is 22.1 Å². The van der Waals surface area contributed by atoms with Gasteiger partial charge in [-0.05, 0) is 18.2 Å². The molecule has 21 heavy (non-hydrogen) atoms. The summed E-state index contributed by atoms with van der Waals surface area (Å²) in [6.45, 7) is 6.23. The lowest BCUT2D eigenvalue weighted by molar-refractivity contribution is 0.102. The molecule has 0 bridgehead atoms. The highest BCUT2D eigenvalue weighted by molar-refractivity contribution is 7.14. The lowest BCUT2D eigenvalue weighted by Gasteiger charge is -2.14. The minimum Gasteiger partial charge on any atom is -0.496 e. The monoisotopic (exact) mass is 305 g/mol. The third-order valence-corrected chi connectivity index (χ3v) is 3.72. The fourth-order valence-corrected chi connectivity index (χ4v) is 2.68. The van der Waals surface area contributed by atoms with Crippen molar-refractivity contribution in [1.82, 2.24) is 4.98 Å². The molecule has 112 valence electrons. The van der Waals surface area contributed by atoms with Gasteiger partial charge in [0.05, 0.1) is 18.4 Å². The molecule has 0 aliphatic rings. The van der Waals surface area contributed by atoms with Crippen LogP contribution in [-0.2, 0) is 5.41 Å². The Bertz CT molecular complexity index is 659. The van der Waals surface area contributed by atoms with Crippen LogP contribution in [0.5, 0.6) is 5.75 Å². The van der Waals surface area contributed by atoms with E-state index in [1.165, 1.54) is 18.4 Å². The number of aromatic nitrogens is 1. The van der Waals surface area contributed by atoms with Gasteiger partial charge in [-0.15, -0.1) is 11.3 Å². The molecule has 1 amide bonds. The predicted octanol–water partition coefficient (Wildman–Crippen LogP) is 3.28. The lowest BCUT2D eigenvalue weighted by atomic mass is 9.93. The minimum absolute atomic E-state index is 0.0473. The number of carbonyl (C=O) groups is 1. The van der Waals surface area contributed by atoms with Crippen LogP contribution in [-0.4, -0.2) is 18.0 Å². The first kappa shape index (κ1) is 15.3. The highest BCUT2D eigenvalue weighted by Gasteiger charge is 2.19. The molecule has 5 nitrogen and oxygen atoms in total. The zero-order chi connectivity index (χ0) is 15.6. The van der Waals surface area contributed by atoms with E-state index in [0.717, 1.165) is 5.69 Å². The molecule has 0 saturated heterocycles. The molecule has 3 N–H and O–H groups in total. The predicted molar refractivity (Wildman–Crippen MR) is 86.2 cm³/mol. The number of hydrogen-bond acceptors (Lipinski definition) is 5. The van der Waals surface area contributed by atoms with E-state index in [1.807, 2.05) is 5.38 Å². The van der Waals surface area contributed by atoms with Crippen LogP contribution in [0.1, 0.15) is 36.8 Å². The maximum absolute atomic E-state index is 12.3. The Hall–Kier alpha value is -2.08. The number of nitrogens with one attached hydrogen (secondary N) is 1. The molecule has 0 spiro atoms. The molecule has 2 rings (SSSR count). The van der Waals surface area contributed by atoms with Gasteiger partial charge in [-0.3, -0.25) is 10.1 Å². The average molecular weight is 305 g/mol. The second-order valence-electron chi connectivity index (χ2n) is 5.70. The zero-order valence-corrected chi connectivity index (χ0v) is 13.4. The van der Waals surface area contributed by atoms with Gasteiger partial charge in [0.1, 0.15) is 5.75 Å². The standard InChI is InChI=1S/C15H19N3O2S/c1-15(2,3)12-8-21-14(17-12)18-13(19)10-7-9(16)5-6-11(10)20-4/h5-8H,16H2,1-4H3,(H,17,18,19). The van der Waals surface area contributed by atoms with Gasteiger partial charge in [0.2, 0.25) is 0 Å². The van der Waals surface area contributed by atoms with E-state index in [9.17, 15) is 4.79 Å². The number of nitrogen functional groups attached to an aromatic ring is 1. The molecule has 2 aromatic rings. The van der Waals surface area contributed by atoms with Gasteiger partial charge in [0, 0.05) is 16.5 Å². The van der Waals surface area contributed by atoms with Crippen LogP contribution in [0.3, 0.4) is 0 Å². The van der Waals surface area contributed by atoms with Crippen molar-refractivity contribution >= 4 is 28.1 Å². The van der Waals surface area contributed by atoms with Crippen molar-refractivity contribution in [3.8, 4) is 5.75 Å². The van der Waals surface area contributed by atoms with Gasteiger partial charge in [-0.25, -0.2) is 4.98 Å². The van der Waals surface area contributed by atoms with E-state index in [-0.39, 0.29) is 11.3 Å². The number of hydrogen-bond donors (Lipinski definition) is 2. The quantitative estimate of drug-likeness (QED) is 0.853. The maximum atomic E-state index is 12.3. The maximum Gasteiger partial charge on any atom is 0.261 e. The van der Waals surface area contributed by atoms with Crippen molar-refractivity contribution in [2.24, 2.45) is 0 Å². The van der Waals surface area contributed by atoms with Crippen molar-refractivity contribution in [2.75, 3.05) is 18.2 Å². The summed E-state index contributed by atoms with van der Waals surface area (Å²) in [6, 6.07) is 4.95. The molecule has 6 heteroatoms. The number of carbonyl (C=O) groups excluding carboxylic acids is 1. The van der Waals surface area contributed by atoms with Gasteiger partial charge in [-0.2, -0.15) is 0 Å². The Balaban J connectivity index is 2.22. The van der Waals surface area contributed by atoms with E-state index >= 15 is 0 Å². The van der Waals surface area contributed by atoms with Crippen molar-refractivity contribution in [1.29, 1.82) is 0 Å². The molecular formula is C15H19N3O2S. The number of benzene rings is 1. The summed E-state index contributed by atoms with van der Waals surface area (Å²) in [5.41, 5.74) is 7.53. The number of methoxy groups -OCH3 is 1. The van der Waals surface area contributed by atoms with Crippen molar-refractivity contribution in [3.05, 3.63) is 34.8 Å².